The molecule has 1 aromatic rings. The van der Waals surface area contributed by atoms with Crippen LogP contribution in [-0.4, -0.2) is 33.4 Å². The van der Waals surface area contributed by atoms with Crippen molar-refractivity contribution in [2.45, 2.75) is 45.8 Å². The Morgan fingerprint density at radius 3 is 2.36 bits per heavy atom. The smallest absolute Gasteiger partial charge is 0.272 e. The summed E-state index contributed by atoms with van der Waals surface area (Å²) in [5.41, 5.74) is 1.82. The monoisotopic (exact) mass is 324 g/mol. The van der Waals surface area contributed by atoms with E-state index in [0.717, 1.165) is 12.2 Å². The Labute approximate surface area is 134 Å². The second kappa shape index (κ2) is 6.79. The molecule has 0 saturated heterocycles. The molecule has 0 aliphatic carbocycles. The second-order valence-electron chi connectivity index (χ2n) is 7.26. The number of nitro benzene ring substituents is 1. The molecule has 6 heteroatoms. The molecule has 0 fully saturated rings. The lowest BCUT2D eigenvalue weighted by molar-refractivity contribution is -0.385. The summed E-state index contributed by atoms with van der Waals surface area (Å²) in [5.74, 6) is 0. The fourth-order valence-corrected chi connectivity index (χ4v) is 2.90. The van der Waals surface area contributed by atoms with Crippen LogP contribution in [-0.2, 0) is 4.43 Å². The van der Waals surface area contributed by atoms with E-state index in [4.69, 9.17) is 4.43 Å². The first-order valence-corrected chi connectivity index (χ1v) is 10.5. The molecule has 0 aliphatic rings. The Bertz CT molecular complexity index is 539. The number of likely N-dealkylation sites (N-methyl/N-ethyl adjacent to an activating group) is 1. The van der Waals surface area contributed by atoms with Gasteiger partial charge < -0.3 is 9.33 Å². The molecule has 0 aromatic heterocycles. The van der Waals surface area contributed by atoms with Crippen molar-refractivity contribution in [1.82, 2.24) is 0 Å². The number of rotatable bonds is 6. The molecule has 0 bridgehead atoms. The highest BCUT2D eigenvalue weighted by Gasteiger charge is 2.36. The summed E-state index contributed by atoms with van der Waals surface area (Å²) >= 11 is 0. The van der Waals surface area contributed by atoms with Gasteiger partial charge >= 0.3 is 0 Å². The molecule has 1 aromatic carbocycles. The van der Waals surface area contributed by atoms with Crippen molar-refractivity contribution in [3.05, 3.63) is 33.9 Å². The summed E-state index contributed by atoms with van der Waals surface area (Å²) in [4.78, 5) is 12.6. The Hall–Kier alpha value is -1.40. The van der Waals surface area contributed by atoms with Crippen molar-refractivity contribution < 1.29 is 9.35 Å². The maximum Gasteiger partial charge on any atom is 0.272 e. The van der Waals surface area contributed by atoms with Gasteiger partial charge in [0.15, 0.2) is 8.32 Å². The third-order valence-electron chi connectivity index (χ3n) is 4.51. The summed E-state index contributed by atoms with van der Waals surface area (Å²) in [6, 6.07) is 5.21. The van der Waals surface area contributed by atoms with Crippen LogP contribution in [0.25, 0.3) is 0 Å². The van der Waals surface area contributed by atoms with E-state index in [2.05, 4.69) is 38.8 Å². The Morgan fingerprint density at radius 1 is 1.32 bits per heavy atom. The van der Waals surface area contributed by atoms with Crippen LogP contribution in [0.15, 0.2) is 18.2 Å². The van der Waals surface area contributed by atoms with Crippen molar-refractivity contribution in [3.63, 3.8) is 0 Å². The number of benzene rings is 1. The molecule has 1 rings (SSSR count). The first kappa shape index (κ1) is 18.6. The highest BCUT2D eigenvalue weighted by molar-refractivity contribution is 6.74. The Kier molecular flexibility index (Phi) is 5.75. The van der Waals surface area contributed by atoms with Crippen molar-refractivity contribution in [2.75, 3.05) is 25.1 Å². The normalized spacial score (nSPS) is 12.3. The van der Waals surface area contributed by atoms with Gasteiger partial charge in [-0.1, -0.05) is 20.8 Å². The SMILES string of the molecule is Cc1cc(N(C)CCO[Si](C)(C)C(C)(C)C)ccc1[N+](=O)[O-]. The highest BCUT2D eigenvalue weighted by atomic mass is 28.4. The summed E-state index contributed by atoms with van der Waals surface area (Å²) < 4.78 is 6.17. The fourth-order valence-electron chi connectivity index (χ4n) is 1.87. The van der Waals surface area contributed by atoms with Crippen molar-refractivity contribution in [2.24, 2.45) is 0 Å². The lowest BCUT2D eigenvalue weighted by atomic mass is 10.1. The molecule has 0 saturated carbocycles. The van der Waals surface area contributed by atoms with Gasteiger partial charge in [-0.2, -0.15) is 0 Å². The molecule has 0 unspecified atom stereocenters. The third kappa shape index (κ3) is 4.54. The average Bonchev–Trinajstić information content (AvgIpc) is 2.36. The molecular formula is C16H28N2O3Si. The molecule has 0 aliphatic heterocycles. The number of hydrogen-bond donors (Lipinski definition) is 0. The average molecular weight is 324 g/mol. The van der Waals surface area contributed by atoms with Crippen LogP contribution >= 0.6 is 0 Å². The maximum atomic E-state index is 10.9. The van der Waals surface area contributed by atoms with Crippen LogP contribution in [0.2, 0.25) is 18.1 Å². The first-order chi connectivity index (χ1) is 9.95. The Balaban J connectivity index is 2.65. The molecule has 0 heterocycles. The molecule has 5 nitrogen and oxygen atoms in total. The van der Waals surface area contributed by atoms with Crippen LogP contribution in [0, 0.1) is 17.0 Å². The van der Waals surface area contributed by atoms with Crippen LogP contribution < -0.4 is 4.90 Å². The molecule has 22 heavy (non-hydrogen) atoms. The van der Waals surface area contributed by atoms with E-state index < -0.39 is 8.32 Å². The quantitative estimate of drug-likeness (QED) is 0.443. The minimum Gasteiger partial charge on any atom is -0.415 e. The summed E-state index contributed by atoms with van der Waals surface area (Å²) in [7, 11) is 0.258. The summed E-state index contributed by atoms with van der Waals surface area (Å²) in [5, 5.41) is 11.1. The molecule has 0 radical (unpaired) electrons. The van der Waals surface area contributed by atoms with Gasteiger partial charge in [0.25, 0.3) is 5.69 Å². The van der Waals surface area contributed by atoms with Gasteiger partial charge in [-0.15, -0.1) is 0 Å². The third-order valence-corrected chi connectivity index (χ3v) is 9.05. The lowest BCUT2D eigenvalue weighted by Crippen LogP contribution is -2.42. The zero-order valence-corrected chi connectivity index (χ0v) is 15.8. The maximum absolute atomic E-state index is 10.9. The van der Waals surface area contributed by atoms with Gasteiger partial charge in [0.2, 0.25) is 0 Å². The van der Waals surface area contributed by atoms with Crippen LogP contribution in [0.5, 0.6) is 0 Å². The molecule has 0 amide bonds. The number of aryl methyl sites for hydroxylation is 1. The number of nitrogens with zero attached hydrogens (tertiary/aromatic N) is 2. The molecule has 0 spiro atoms. The molecule has 0 atom stereocenters. The standard InChI is InChI=1S/C16H28N2O3Si/c1-13-12-14(8-9-15(13)18(19)20)17(5)10-11-21-22(6,7)16(2,3)4/h8-9,12H,10-11H2,1-7H3. The van der Waals surface area contributed by atoms with Gasteiger partial charge in [0.05, 0.1) is 11.5 Å². The van der Waals surface area contributed by atoms with Gasteiger partial charge in [-0.05, 0) is 37.2 Å². The van der Waals surface area contributed by atoms with Gasteiger partial charge in [0.1, 0.15) is 0 Å². The lowest BCUT2D eigenvalue weighted by Gasteiger charge is -2.36. The number of anilines is 1. The van der Waals surface area contributed by atoms with Crippen LogP contribution in [0.3, 0.4) is 0 Å². The second-order valence-corrected chi connectivity index (χ2v) is 12.1. The predicted molar refractivity (Wildman–Crippen MR) is 94.3 cm³/mol. The summed E-state index contributed by atoms with van der Waals surface area (Å²) in [6.07, 6.45) is 0. The molecule has 124 valence electrons. The fraction of sp³-hybridized carbons (Fsp3) is 0.625. The van der Waals surface area contributed by atoms with E-state index in [1.165, 1.54) is 0 Å². The minimum atomic E-state index is -1.72. The van der Waals surface area contributed by atoms with Crippen LogP contribution in [0.4, 0.5) is 11.4 Å². The topological polar surface area (TPSA) is 55.6 Å². The van der Waals surface area contributed by atoms with Crippen molar-refractivity contribution in [3.8, 4) is 0 Å². The van der Waals surface area contributed by atoms with Gasteiger partial charge in [0, 0.05) is 30.9 Å². The number of hydrogen-bond acceptors (Lipinski definition) is 4. The largest absolute Gasteiger partial charge is 0.415 e. The minimum absolute atomic E-state index is 0.162. The zero-order valence-electron chi connectivity index (χ0n) is 14.8. The molecule has 0 N–H and O–H groups in total. The summed E-state index contributed by atoms with van der Waals surface area (Å²) in [6.45, 7) is 14.4. The van der Waals surface area contributed by atoms with E-state index in [-0.39, 0.29) is 15.6 Å². The van der Waals surface area contributed by atoms with Crippen LogP contribution in [0.1, 0.15) is 26.3 Å². The highest BCUT2D eigenvalue weighted by Crippen LogP contribution is 2.36. The van der Waals surface area contributed by atoms with E-state index >= 15 is 0 Å². The van der Waals surface area contributed by atoms with E-state index in [1.54, 1.807) is 19.1 Å². The van der Waals surface area contributed by atoms with Gasteiger partial charge in [-0.3, -0.25) is 10.1 Å². The number of nitro groups is 1. The van der Waals surface area contributed by atoms with E-state index in [9.17, 15) is 10.1 Å². The van der Waals surface area contributed by atoms with Gasteiger partial charge in [-0.25, -0.2) is 0 Å². The Morgan fingerprint density at radius 2 is 1.91 bits per heavy atom. The van der Waals surface area contributed by atoms with E-state index in [0.29, 0.717) is 12.2 Å². The molecular weight excluding hydrogens is 296 g/mol. The van der Waals surface area contributed by atoms with E-state index in [1.807, 2.05) is 13.1 Å². The van der Waals surface area contributed by atoms with Crippen molar-refractivity contribution in [1.29, 1.82) is 0 Å². The first-order valence-electron chi connectivity index (χ1n) is 7.56. The zero-order chi connectivity index (χ0) is 17.1. The van der Waals surface area contributed by atoms with Crippen molar-refractivity contribution >= 4 is 19.7 Å². The predicted octanol–water partition coefficient (Wildman–Crippen LogP) is 4.36.